The average Bonchev–Trinajstić information content (AvgIpc) is 3.07. The Morgan fingerprint density at radius 1 is 0.644 bits per heavy atom. The first-order valence-corrected chi connectivity index (χ1v) is 18.4. The first-order valence-electron chi connectivity index (χ1n) is 16.9. The van der Waals surface area contributed by atoms with E-state index in [-0.39, 0.29) is 41.5 Å². The van der Waals surface area contributed by atoms with Crippen molar-refractivity contribution in [1.29, 1.82) is 0 Å². The summed E-state index contributed by atoms with van der Waals surface area (Å²) in [5.74, 6) is 3.14. The molecule has 0 fully saturated rings. The second kappa shape index (κ2) is 23.3. The van der Waals surface area contributed by atoms with Crippen LogP contribution in [0.1, 0.15) is 60.2 Å². The summed E-state index contributed by atoms with van der Waals surface area (Å²) in [5, 5.41) is 14.7. The molecule has 314 valence electrons. The van der Waals surface area contributed by atoms with Crippen molar-refractivity contribution in [2.24, 2.45) is 0 Å². The van der Waals surface area contributed by atoms with Gasteiger partial charge >= 0.3 is 0 Å². The molecule has 6 rings (SSSR count). The fourth-order valence-electron chi connectivity index (χ4n) is 5.62. The number of aromatic nitrogens is 4. The molecule has 2 aromatic heterocycles. The largest absolute Gasteiger partial charge is 0.326 e. The molecule has 0 aliphatic carbocycles. The molecule has 4 N–H and O–H groups in total. The highest BCUT2D eigenvalue weighted by atomic mass is 79.9. The maximum absolute atomic E-state index is 11.5. The quantitative estimate of drug-likeness (QED) is 0.0982. The maximum Gasteiger partial charge on any atom is 0.227 e. The number of fused-ring (bicyclic) bond motifs is 2. The minimum Gasteiger partial charge on any atom is -0.326 e. The van der Waals surface area contributed by atoms with Crippen LogP contribution in [0.25, 0.3) is 21.8 Å². The van der Waals surface area contributed by atoms with Gasteiger partial charge in [0, 0.05) is 82.9 Å². The second-order valence-electron chi connectivity index (χ2n) is 13.2. The van der Waals surface area contributed by atoms with Crippen molar-refractivity contribution in [2.75, 3.05) is 49.5 Å². The molecular weight excluding hydrogens is 851 g/mol. The van der Waals surface area contributed by atoms with Gasteiger partial charge in [-0.1, -0.05) is 74.8 Å². The van der Waals surface area contributed by atoms with E-state index in [1.807, 2.05) is 81.6 Å². The second-order valence-corrected chi connectivity index (χ2v) is 14.9. The minimum atomic E-state index is -0.133. The summed E-state index contributed by atoms with van der Waals surface area (Å²) in [5.41, 5.74) is 7.02. The van der Waals surface area contributed by atoms with E-state index in [2.05, 4.69) is 68.0 Å². The molecule has 0 aliphatic rings. The molecule has 2 heterocycles. The highest BCUT2D eigenvalue weighted by Crippen LogP contribution is 2.29. The number of nitrogens with one attached hydrogen (secondary N) is 4. The molecule has 0 aliphatic heterocycles. The summed E-state index contributed by atoms with van der Waals surface area (Å²) in [6, 6.07) is 18.8. The van der Waals surface area contributed by atoms with Crippen LogP contribution in [0.3, 0.4) is 0 Å². The molecule has 0 saturated carbocycles. The summed E-state index contributed by atoms with van der Waals surface area (Å²) < 4.78 is 0.876. The van der Waals surface area contributed by atoms with E-state index in [9.17, 15) is 9.59 Å². The van der Waals surface area contributed by atoms with Crippen molar-refractivity contribution in [3.8, 4) is 12.3 Å². The lowest BCUT2D eigenvalue weighted by atomic mass is 10.1. The molecule has 0 spiro atoms. The minimum absolute atomic E-state index is 0. The van der Waals surface area contributed by atoms with Gasteiger partial charge in [-0.3, -0.25) is 9.59 Å². The van der Waals surface area contributed by atoms with Crippen LogP contribution in [-0.4, -0.2) is 69.7 Å². The highest BCUT2D eigenvalue weighted by molar-refractivity contribution is 9.10. The fraction of sp³-hybridized carbons (Fsp3) is 0.273. The zero-order valence-electron chi connectivity index (χ0n) is 31.1. The Balaban J connectivity index is 0.000000553. The average molecular weight is 907 g/mol. The summed E-state index contributed by atoms with van der Waals surface area (Å²) in [6.45, 7) is 4.42. The predicted octanol–water partition coefficient (Wildman–Crippen LogP) is 11.4. The predicted molar refractivity (Wildman–Crippen MR) is 254 cm³/mol. The number of nitrogens with zero attached hydrogens (tertiary/aromatic N) is 6. The van der Waals surface area contributed by atoms with Gasteiger partial charge in [-0.05, 0) is 100.0 Å². The molecule has 12 nitrogen and oxygen atoms in total. The van der Waals surface area contributed by atoms with E-state index >= 15 is 0 Å². The van der Waals surface area contributed by atoms with E-state index in [0.717, 1.165) is 50.8 Å². The van der Waals surface area contributed by atoms with Crippen LogP contribution in [0, 0.1) is 12.3 Å². The molecule has 0 saturated heterocycles. The molecule has 2 amide bonds. The molecular formula is C44H55BrCl2N10O2. The van der Waals surface area contributed by atoms with Gasteiger partial charge in [0.25, 0.3) is 0 Å². The third-order valence-corrected chi connectivity index (χ3v) is 8.57. The highest BCUT2D eigenvalue weighted by Gasteiger charge is 2.11. The Morgan fingerprint density at radius 3 is 1.46 bits per heavy atom. The first kappa shape index (κ1) is 51.7. The van der Waals surface area contributed by atoms with Crippen molar-refractivity contribution in [2.45, 2.75) is 56.6 Å². The summed E-state index contributed by atoms with van der Waals surface area (Å²) in [6.07, 6.45) is 8.84. The van der Waals surface area contributed by atoms with Crippen LogP contribution in [0.5, 0.6) is 0 Å². The van der Waals surface area contributed by atoms with Crippen molar-refractivity contribution in [3.05, 3.63) is 104 Å². The molecule has 6 aromatic rings. The van der Waals surface area contributed by atoms with Gasteiger partial charge in [0.15, 0.2) is 0 Å². The Bertz CT molecular complexity index is 2440. The number of terminal acetylenes is 1. The number of benzene rings is 4. The lowest BCUT2D eigenvalue weighted by Gasteiger charge is -2.14. The van der Waals surface area contributed by atoms with Crippen LogP contribution in [0.2, 0.25) is 10.0 Å². The Hall–Kier alpha value is -5.36. The van der Waals surface area contributed by atoms with Crippen molar-refractivity contribution in [3.63, 3.8) is 0 Å². The van der Waals surface area contributed by atoms with E-state index < -0.39 is 0 Å². The topological polar surface area (TPSA) is 140 Å². The van der Waals surface area contributed by atoms with Crippen molar-refractivity contribution in [1.82, 2.24) is 29.7 Å². The lowest BCUT2D eigenvalue weighted by Crippen LogP contribution is -2.12. The third-order valence-electron chi connectivity index (χ3n) is 7.54. The number of amides is 2. The molecule has 15 heteroatoms. The zero-order valence-corrected chi connectivity index (χ0v) is 34.2. The number of halogens is 3. The van der Waals surface area contributed by atoms with Gasteiger partial charge in [-0.25, -0.2) is 19.9 Å². The summed E-state index contributed by atoms with van der Waals surface area (Å²) in [4.78, 5) is 44.7. The number of anilines is 6. The summed E-state index contributed by atoms with van der Waals surface area (Å²) in [7, 11) is 7.95. The fourth-order valence-corrected chi connectivity index (χ4v) is 6.77. The van der Waals surface area contributed by atoms with E-state index in [1.54, 1.807) is 24.5 Å². The van der Waals surface area contributed by atoms with E-state index in [4.69, 9.17) is 29.6 Å². The molecule has 59 heavy (non-hydrogen) atoms. The third kappa shape index (κ3) is 15.1. The van der Waals surface area contributed by atoms with Crippen LogP contribution in [-0.2, 0) is 22.7 Å². The van der Waals surface area contributed by atoms with Gasteiger partial charge in [0.1, 0.15) is 0 Å². The number of carbonyl (C=O) groups is 2. The Kier molecular flexibility index (Phi) is 20.4. The Labute approximate surface area is 367 Å². The smallest absolute Gasteiger partial charge is 0.227 e. The monoisotopic (exact) mass is 904 g/mol. The number of rotatable bonds is 10. The van der Waals surface area contributed by atoms with Gasteiger partial charge in [0.2, 0.25) is 23.7 Å². The number of hydrogen-bond donors (Lipinski definition) is 4. The first-order chi connectivity index (χ1) is 26.1. The van der Waals surface area contributed by atoms with E-state index in [0.29, 0.717) is 49.9 Å². The lowest BCUT2D eigenvalue weighted by molar-refractivity contribution is -0.115. The van der Waals surface area contributed by atoms with E-state index in [1.165, 1.54) is 13.8 Å². The zero-order chi connectivity index (χ0) is 39.8. The van der Waals surface area contributed by atoms with Crippen LogP contribution >= 0.6 is 39.1 Å². The number of carbonyl (C=O) groups excluding carboxylic acids is 2. The van der Waals surface area contributed by atoms with Crippen LogP contribution in [0.15, 0.2) is 77.5 Å². The van der Waals surface area contributed by atoms with Gasteiger partial charge in [0.05, 0.1) is 21.1 Å². The molecule has 0 unspecified atom stereocenters. The molecule has 4 aromatic carbocycles. The molecule has 0 atom stereocenters. The van der Waals surface area contributed by atoms with Gasteiger partial charge < -0.3 is 31.1 Å². The molecule has 0 radical (unpaired) electrons. The van der Waals surface area contributed by atoms with Crippen LogP contribution < -0.4 is 21.3 Å². The van der Waals surface area contributed by atoms with Gasteiger partial charge in [-0.2, -0.15) is 0 Å². The normalized spacial score (nSPS) is 10.1. The Morgan fingerprint density at radius 2 is 1.05 bits per heavy atom. The maximum atomic E-state index is 11.5. The number of hydrogen-bond acceptors (Lipinski definition) is 10. The summed E-state index contributed by atoms with van der Waals surface area (Å²) >= 11 is 16.0. The van der Waals surface area contributed by atoms with Gasteiger partial charge in [-0.15, -0.1) is 6.42 Å². The SMILES string of the molecule is C.C.C.C.C#Cc1cc(Cl)c2nc(Nc3cc(CN(C)C)cc(NC(C)=O)c3)ncc2c1.CC(=O)Nc1cc(CN(C)C)cc(Nc2ncc3cc(Br)cc(Cl)c3n2)c1. The standard InChI is InChI=1S/C21H20ClN5O.C19H19BrClN5O.4CH4/c1-5-14-6-16-11-23-21(26-20(16)19(22)9-14)25-18-8-15(12-27(3)4)7-17(10-18)24-13(2)28;1-11(27)23-15-4-12(10-26(2)3)5-16(8-15)24-19-22-9-13-6-14(20)7-17(21)18(13)25-19;;;;/h1,6-11H,12H2,2-4H3,(H,24,28)(H,23,25,26);4-9H,10H2,1-3H3,(H,23,27)(H,22,24,25);4*1H4. The molecule has 0 bridgehead atoms. The van der Waals surface area contributed by atoms with Crippen molar-refractivity contribution >= 4 is 107 Å². The van der Waals surface area contributed by atoms with Crippen LogP contribution in [0.4, 0.5) is 34.6 Å². The van der Waals surface area contributed by atoms with Crippen molar-refractivity contribution < 1.29 is 9.59 Å².